The highest BCUT2D eigenvalue weighted by molar-refractivity contribution is 6.30. The maximum absolute atomic E-state index is 12.7. The molecule has 22 heavy (non-hydrogen) atoms. The molecule has 6 heteroatoms. The van der Waals surface area contributed by atoms with Crippen molar-refractivity contribution in [3.05, 3.63) is 51.9 Å². The Balaban J connectivity index is 1.78. The molecule has 1 saturated heterocycles. The van der Waals surface area contributed by atoms with Crippen molar-refractivity contribution >= 4 is 17.5 Å². The lowest BCUT2D eigenvalue weighted by Gasteiger charge is -2.33. The number of nitrogens with zero attached hydrogens (tertiary/aromatic N) is 2. The number of aromatic nitrogens is 1. The van der Waals surface area contributed by atoms with E-state index in [2.05, 4.69) is 5.16 Å². The molecule has 1 aliphatic heterocycles. The highest BCUT2D eigenvalue weighted by Crippen LogP contribution is 2.25. The Morgan fingerprint density at radius 1 is 1.32 bits per heavy atom. The second-order valence-electron chi connectivity index (χ2n) is 5.36. The van der Waals surface area contributed by atoms with E-state index in [4.69, 9.17) is 20.9 Å². The number of hydrogen-bond donors (Lipinski definition) is 0. The average molecular weight is 321 g/mol. The quantitative estimate of drug-likeness (QED) is 0.853. The lowest BCUT2D eigenvalue weighted by Crippen LogP contribution is -2.42. The van der Waals surface area contributed by atoms with E-state index < -0.39 is 0 Å². The zero-order valence-electron chi connectivity index (χ0n) is 12.5. The monoisotopic (exact) mass is 320 g/mol. The van der Waals surface area contributed by atoms with Crippen molar-refractivity contribution in [2.24, 2.45) is 0 Å². The number of ether oxygens (including phenoxy) is 1. The zero-order valence-corrected chi connectivity index (χ0v) is 13.3. The molecule has 0 N–H and O–H groups in total. The molecular formula is C16H17ClN2O3. The first-order valence-corrected chi connectivity index (χ1v) is 7.53. The minimum absolute atomic E-state index is 0.0569. The third-order valence-electron chi connectivity index (χ3n) is 3.84. The number of aryl methyl sites for hydroxylation is 2. The Kier molecular flexibility index (Phi) is 4.18. The van der Waals surface area contributed by atoms with Gasteiger partial charge in [0.05, 0.1) is 18.8 Å². The standard InChI is InChI=1S/C16H17ClN2O3/c1-10-15(11(2)22-18-10)16(20)19-7-8-21-14(9-19)12-3-5-13(17)6-4-12/h3-6,14H,7-9H2,1-2H3/t14-/m0/s1. The summed E-state index contributed by atoms with van der Waals surface area (Å²) in [6.07, 6.45) is -0.143. The van der Waals surface area contributed by atoms with Crippen LogP contribution >= 0.6 is 11.6 Å². The fraction of sp³-hybridized carbons (Fsp3) is 0.375. The molecule has 3 rings (SSSR count). The number of carbonyl (C=O) groups is 1. The molecule has 0 radical (unpaired) electrons. The van der Waals surface area contributed by atoms with Crippen LogP contribution in [0.3, 0.4) is 0 Å². The van der Waals surface area contributed by atoms with E-state index in [0.717, 1.165) is 5.56 Å². The van der Waals surface area contributed by atoms with Crippen molar-refractivity contribution < 1.29 is 14.1 Å². The Morgan fingerprint density at radius 3 is 2.68 bits per heavy atom. The number of benzene rings is 1. The summed E-state index contributed by atoms with van der Waals surface area (Å²) in [5.74, 6) is 0.496. The molecule has 0 spiro atoms. The van der Waals surface area contributed by atoms with Crippen molar-refractivity contribution in [3.63, 3.8) is 0 Å². The maximum Gasteiger partial charge on any atom is 0.259 e. The number of morpholine rings is 1. The molecule has 116 valence electrons. The first-order valence-electron chi connectivity index (χ1n) is 7.15. The first kappa shape index (κ1) is 15.1. The average Bonchev–Trinajstić information content (AvgIpc) is 2.86. The summed E-state index contributed by atoms with van der Waals surface area (Å²) in [7, 11) is 0. The lowest BCUT2D eigenvalue weighted by molar-refractivity contribution is -0.0229. The van der Waals surface area contributed by atoms with Gasteiger partial charge in [-0.25, -0.2) is 0 Å². The normalized spacial score (nSPS) is 18.5. The summed E-state index contributed by atoms with van der Waals surface area (Å²) in [6, 6.07) is 7.51. The molecule has 1 fully saturated rings. The van der Waals surface area contributed by atoms with Crippen LogP contribution in [-0.4, -0.2) is 35.7 Å². The highest BCUT2D eigenvalue weighted by Gasteiger charge is 2.29. The van der Waals surface area contributed by atoms with Gasteiger partial charge in [0.25, 0.3) is 5.91 Å². The predicted molar refractivity (Wildman–Crippen MR) is 82.0 cm³/mol. The Morgan fingerprint density at radius 2 is 2.05 bits per heavy atom. The molecule has 1 aromatic carbocycles. The van der Waals surface area contributed by atoms with E-state index in [-0.39, 0.29) is 12.0 Å². The molecule has 0 bridgehead atoms. The molecule has 2 aromatic rings. The first-order chi connectivity index (χ1) is 10.6. The molecular weight excluding hydrogens is 304 g/mol. The molecule has 2 heterocycles. The van der Waals surface area contributed by atoms with E-state index >= 15 is 0 Å². The van der Waals surface area contributed by atoms with Gasteiger partial charge in [0.1, 0.15) is 17.4 Å². The van der Waals surface area contributed by atoms with Crippen molar-refractivity contribution in [2.75, 3.05) is 19.7 Å². The Hall–Kier alpha value is -1.85. The molecule has 1 atom stereocenters. The summed E-state index contributed by atoms with van der Waals surface area (Å²) < 4.78 is 10.9. The summed E-state index contributed by atoms with van der Waals surface area (Å²) in [5, 5.41) is 4.53. The number of rotatable bonds is 2. The SMILES string of the molecule is Cc1noc(C)c1C(=O)N1CCO[C@H](c2ccc(Cl)cc2)C1. The van der Waals surface area contributed by atoms with Crippen molar-refractivity contribution in [3.8, 4) is 0 Å². The van der Waals surface area contributed by atoms with Crippen molar-refractivity contribution in [1.29, 1.82) is 0 Å². The molecule has 1 aromatic heterocycles. The summed E-state index contributed by atoms with van der Waals surface area (Å²) in [5.41, 5.74) is 2.19. The van der Waals surface area contributed by atoms with Gasteiger partial charge in [0.2, 0.25) is 0 Å². The lowest BCUT2D eigenvalue weighted by atomic mass is 10.1. The van der Waals surface area contributed by atoms with Crippen molar-refractivity contribution in [1.82, 2.24) is 10.1 Å². The molecule has 1 aliphatic rings. The second-order valence-corrected chi connectivity index (χ2v) is 5.80. The van der Waals surface area contributed by atoms with Crippen LogP contribution in [0.25, 0.3) is 0 Å². The van der Waals surface area contributed by atoms with Gasteiger partial charge in [-0.2, -0.15) is 0 Å². The zero-order chi connectivity index (χ0) is 15.7. The van der Waals surface area contributed by atoms with Gasteiger partial charge in [-0.3, -0.25) is 4.79 Å². The third kappa shape index (κ3) is 2.87. The van der Waals surface area contributed by atoms with Gasteiger partial charge in [0.15, 0.2) is 0 Å². The summed E-state index contributed by atoms with van der Waals surface area (Å²) in [4.78, 5) is 14.5. The fourth-order valence-electron chi connectivity index (χ4n) is 2.66. The van der Waals surface area contributed by atoms with E-state index in [1.54, 1.807) is 18.7 Å². The fourth-order valence-corrected chi connectivity index (χ4v) is 2.79. The van der Waals surface area contributed by atoms with Gasteiger partial charge >= 0.3 is 0 Å². The van der Waals surface area contributed by atoms with Crippen LogP contribution in [0, 0.1) is 13.8 Å². The van der Waals surface area contributed by atoms with Crippen LogP contribution in [0.1, 0.15) is 33.5 Å². The van der Waals surface area contributed by atoms with Crippen LogP contribution in [0.15, 0.2) is 28.8 Å². The summed E-state index contributed by atoms with van der Waals surface area (Å²) >= 11 is 5.91. The van der Waals surface area contributed by atoms with E-state index in [1.165, 1.54) is 0 Å². The molecule has 1 amide bonds. The minimum Gasteiger partial charge on any atom is -0.370 e. The van der Waals surface area contributed by atoms with Crippen LogP contribution in [0.5, 0.6) is 0 Å². The highest BCUT2D eigenvalue weighted by atomic mass is 35.5. The van der Waals surface area contributed by atoms with Crippen LogP contribution in [0.4, 0.5) is 0 Å². The molecule has 0 aliphatic carbocycles. The summed E-state index contributed by atoms with van der Waals surface area (Å²) in [6.45, 7) is 5.10. The van der Waals surface area contributed by atoms with Crippen molar-refractivity contribution in [2.45, 2.75) is 20.0 Å². The van der Waals surface area contributed by atoms with Gasteiger partial charge in [0, 0.05) is 11.6 Å². The minimum atomic E-state index is -0.143. The Labute approximate surface area is 133 Å². The van der Waals surface area contributed by atoms with Gasteiger partial charge in [-0.1, -0.05) is 28.9 Å². The van der Waals surface area contributed by atoms with Gasteiger partial charge in [-0.15, -0.1) is 0 Å². The molecule has 5 nitrogen and oxygen atoms in total. The Bertz CT molecular complexity index is 662. The number of carbonyl (C=O) groups excluding carboxylic acids is 1. The van der Waals surface area contributed by atoms with E-state index in [9.17, 15) is 4.79 Å². The third-order valence-corrected chi connectivity index (χ3v) is 4.09. The van der Waals surface area contributed by atoms with Gasteiger partial charge < -0.3 is 14.2 Å². The molecule has 0 saturated carbocycles. The number of hydrogen-bond acceptors (Lipinski definition) is 4. The second kappa shape index (κ2) is 6.10. The predicted octanol–water partition coefficient (Wildman–Crippen LogP) is 3.16. The van der Waals surface area contributed by atoms with E-state index in [0.29, 0.717) is 41.7 Å². The topological polar surface area (TPSA) is 55.6 Å². The van der Waals surface area contributed by atoms with E-state index in [1.807, 2.05) is 24.3 Å². The smallest absolute Gasteiger partial charge is 0.259 e. The maximum atomic E-state index is 12.7. The van der Waals surface area contributed by atoms with Crippen LogP contribution < -0.4 is 0 Å². The largest absolute Gasteiger partial charge is 0.370 e. The van der Waals surface area contributed by atoms with Crippen LogP contribution in [-0.2, 0) is 4.74 Å². The van der Waals surface area contributed by atoms with Crippen LogP contribution in [0.2, 0.25) is 5.02 Å². The van der Waals surface area contributed by atoms with Gasteiger partial charge in [-0.05, 0) is 31.5 Å². The molecule has 0 unspecified atom stereocenters. The number of halogens is 1. The number of amides is 1.